The van der Waals surface area contributed by atoms with Crippen molar-refractivity contribution in [3.05, 3.63) is 30.3 Å². The van der Waals surface area contributed by atoms with E-state index in [0.29, 0.717) is 5.96 Å². The zero-order valence-corrected chi connectivity index (χ0v) is 10.8. The second-order valence-electron chi connectivity index (χ2n) is 4.02. The molecule has 0 amide bonds. The number of para-hydroxylation sites is 1. The largest absolute Gasteiger partial charge is 0.326 e. The number of hydrogen-bond acceptors (Lipinski definition) is 2. The fourth-order valence-corrected chi connectivity index (χ4v) is 1.55. The van der Waals surface area contributed by atoms with Gasteiger partial charge in [-0.05, 0) is 18.6 Å². The van der Waals surface area contributed by atoms with Gasteiger partial charge in [0, 0.05) is 12.2 Å². The van der Waals surface area contributed by atoms with Gasteiger partial charge in [0.15, 0.2) is 6.19 Å². The van der Waals surface area contributed by atoms with E-state index < -0.39 is 0 Å². The van der Waals surface area contributed by atoms with Gasteiger partial charge in [0.25, 0.3) is 0 Å². The molecule has 0 aliphatic carbocycles. The zero-order chi connectivity index (χ0) is 13.1. The van der Waals surface area contributed by atoms with Crippen LogP contribution in [0.5, 0.6) is 0 Å². The second kappa shape index (κ2) is 9.06. The maximum atomic E-state index is 8.67. The Morgan fingerprint density at radius 2 is 2.00 bits per heavy atom. The first kappa shape index (κ1) is 14.0. The van der Waals surface area contributed by atoms with Gasteiger partial charge in [-0.3, -0.25) is 10.3 Å². The van der Waals surface area contributed by atoms with E-state index in [0.717, 1.165) is 18.7 Å². The maximum absolute atomic E-state index is 8.67. The van der Waals surface area contributed by atoms with Gasteiger partial charge in [-0.2, -0.15) is 5.26 Å². The molecule has 0 unspecified atom stereocenters. The lowest BCUT2D eigenvalue weighted by molar-refractivity contribution is 0.674. The lowest BCUT2D eigenvalue weighted by Crippen LogP contribution is -2.27. The van der Waals surface area contributed by atoms with Crippen molar-refractivity contribution in [3.63, 3.8) is 0 Å². The van der Waals surface area contributed by atoms with Crippen molar-refractivity contribution in [1.29, 1.82) is 5.26 Å². The standard InChI is InChI=1S/C14H20N4/c1-2-3-4-8-11-16-14(17-12-15)18-13-9-6-5-7-10-13/h5-7,9-10H,2-4,8,11H2,1H3,(H2,16,17,18). The van der Waals surface area contributed by atoms with Gasteiger partial charge in [0.05, 0.1) is 0 Å². The van der Waals surface area contributed by atoms with Gasteiger partial charge in [-0.15, -0.1) is 0 Å². The molecular weight excluding hydrogens is 224 g/mol. The topological polar surface area (TPSA) is 60.2 Å². The third-order valence-electron chi connectivity index (χ3n) is 2.49. The predicted molar refractivity (Wildman–Crippen MR) is 75.3 cm³/mol. The molecule has 4 nitrogen and oxygen atoms in total. The van der Waals surface area contributed by atoms with E-state index in [2.05, 4.69) is 22.5 Å². The summed E-state index contributed by atoms with van der Waals surface area (Å²) >= 11 is 0. The zero-order valence-electron chi connectivity index (χ0n) is 10.8. The van der Waals surface area contributed by atoms with Crippen molar-refractivity contribution >= 4 is 11.6 Å². The van der Waals surface area contributed by atoms with Crippen LogP contribution < -0.4 is 10.6 Å². The highest BCUT2D eigenvalue weighted by molar-refractivity contribution is 5.94. The molecule has 18 heavy (non-hydrogen) atoms. The van der Waals surface area contributed by atoms with Crippen molar-refractivity contribution in [3.8, 4) is 6.19 Å². The van der Waals surface area contributed by atoms with Crippen molar-refractivity contribution in [1.82, 2.24) is 5.32 Å². The molecule has 0 atom stereocenters. The molecule has 2 N–H and O–H groups in total. The molecule has 0 saturated heterocycles. The lowest BCUT2D eigenvalue weighted by Gasteiger charge is -2.07. The third kappa shape index (κ3) is 5.90. The molecule has 0 aliphatic rings. The van der Waals surface area contributed by atoms with Crippen LogP contribution in [0.15, 0.2) is 35.3 Å². The first-order valence-electron chi connectivity index (χ1n) is 6.38. The number of rotatable bonds is 6. The average molecular weight is 244 g/mol. The number of hydrogen-bond donors (Lipinski definition) is 2. The van der Waals surface area contributed by atoms with Crippen LogP contribution in [0.3, 0.4) is 0 Å². The molecule has 1 rings (SSSR count). The van der Waals surface area contributed by atoms with Crippen molar-refractivity contribution in [2.45, 2.75) is 32.6 Å². The SMILES string of the molecule is CCCCCCN=C(NC#N)Nc1ccccc1. The average Bonchev–Trinajstić information content (AvgIpc) is 2.40. The summed E-state index contributed by atoms with van der Waals surface area (Å²) in [6.07, 6.45) is 6.60. The van der Waals surface area contributed by atoms with Crippen molar-refractivity contribution in [2.75, 3.05) is 11.9 Å². The van der Waals surface area contributed by atoms with E-state index >= 15 is 0 Å². The maximum Gasteiger partial charge on any atom is 0.209 e. The summed E-state index contributed by atoms with van der Waals surface area (Å²) in [7, 11) is 0. The van der Waals surface area contributed by atoms with Gasteiger partial charge in [-0.1, -0.05) is 44.4 Å². The molecule has 0 spiro atoms. The molecule has 0 saturated carbocycles. The Morgan fingerprint density at radius 1 is 1.22 bits per heavy atom. The lowest BCUT2D eigenvalue weighted by atomic mass is 10.2. The molecule has 1 aromatic rings. The minimum Gasteiger partial charge on any atom is -0.326 e. The quantitative estimate of drug-likeness (QED) is 0.266. The van der Waals surface area contributed by atoms with Crippen LogP contribution in [0.2, 0.25) is 0 Å². The number of nitrogens with one attached hydrogen (secondary N) is 2. The van der Waals surface area contributed by atoms with Gasteiger partial charge >= 0.3 is 0 Å². The van der Waals surface area contributed by atoms with E-state index in [1.165, 1.54) is 19.3 Å². The monoisotopic (exact) mass is 244 g/mol. The normalized spacial score (nSPS) is 10.8. The van der Waals surface area contributed by atoms with Crippen LogP contribution in [-0.4, -0.2) is 12.5 Å². The van der Waals surface area contributed by atoms with E-state index in [-0.39, 0.29) is 0 Å². The summed E-state index contributed by atoms with van der Waals surface area (Å²) < 4.78 is 0. The Balaban J connectivity index is 2.44. The van der Waals surface area contributed by atoms with Crippen LogP contribution in [0.25, 0.3) is 0 Å². The van der Waals surface area contributed by atoms with E-state index in [9.17, 15) is 0 Å². The number of unbranched alkanes of at least 4 members (excludes halogenated alkanes) is 3. The molecule has 4 heteroatoms. The van der Waals surface area contributed by atoms with Crippen LogP contribution >= 0.6 is 0 Å². The Labute approximate surface area is 109 Å². The van der Waals surface area contributed by atoms with Crippen LogP contribution in [-0.2, 0) is 0 Å². The molecule has 96 valence electrons. The highest BCUT2D eigenvalue weighted by Crippen LogP contribution is 2.04. The minimum atomic E-state index is 0.514. The summed E-state index contributed by atoms with van der Waals surface area (Å²) in [5.41, 5.74) is 0.924. The summed E-state index contributed by atoms with van der Waals surface area (Å²) in [4.78, 5) is 4.35. The Bertz CT molecular complexity index is 392. The first-order valence-corrected chi connectivity index (χ1v) is 6.38. The van der Waals surface area contributed by atoms with E-state index in [1.807, 2.05) is 36.5 Å². The number of nitriles is 1. The second-order valence-corrected chi connectivity index (χ2v) is 4.02. The predicted octanol–water partition coefficient (Wildman–Crippen LogP) is 3.11. The van der Waals surface area contributed by atoms with Gasteiger partial charge in [0.2, 0.25) is 5.96 Å². The smallest absolute Gasteiger partial charge is 0.209 e. The number of aliphatic imine (C=N–C) groups is 1. The molecule has 0 aliphatic heterocycles. The summed E-state index contributed by atoms with van der Waals surface area (Å²) in [6.45, 7) is 2.92. The number of nitrogens with zero attached hydrogens (tertiary/aromatic N) is 2. The molecule has 0 fully saturated rings. The highest BCUT2D eigenvalue weighted by Gasteiger charge is 1.97. The summed E-state index contributed by atoms with van der Waals surface area (Å²) in [5.74, 6) is 0.514. The fraction of sp³-hybridized carbons (Fsp3) is 0.429. The van der Waals surface area contributed by atoms with Gasteiger partial charge in [-0.25, -0.2) is 0 Å². The summed E-state index contributed by atoms with van der Waals surface area (Å²) in [6, 6.07) is 9.70. The number of benzene rings is 1. The third-order valence-corrected chi connectivity index (χ3v) is 2.49. The van der Waals surface area contributed by atoms with Crippen LogP contribution in [0.1, 0.15) is 32.6 Å². The molecule has 0 radical (unpaired) electrons. The molecule has 0 heterocycles. The minimum absolute atomic E-state index is 0.514. The fourth-order valence-electron chi connectivity index (χ4n) is 1.55. The van der Waals surface area contributed by atoms with Crippen LogP contribution in [0, 0.1) is 11.5 Å². The molecule has 0 bridgehead atoms. The highest BCUT2D eigenvalue weighted by atomic mass is 15.2. The van der Waals surface area contributed by atoms with E-state index in [4.69, 9.17) is 5.26 Å². The van der Waals surface area contributed by atoms with E-state index in [1.54, 1.807) is 0 Å². The molecule has 0 aromatic heterocycles. The summed E-state index contributed by atoms with van der Waals surface area (Å²) in [5, 5.41) is 14.3. The molecular formula is C14H20N4. The van der Waals surface area contributed by atoms with Crippen LogP contribution in [0.4, 0.5) is 5.69 Å². The number of anilines is 1. The Kier molecular flexibility index (Phi) is 7.07. The van der Waals surface area contributed by atoms with Crippen molar-refractivity contribution < 1.29 is 0 Å². The first-order chi connectivity index (χ1) is 8.86. The molecule has 1 aromatic carbocycles. The Hall–Kier alpha value is -2.02. The van der Waals surface area contributed by atoms with Gasteiger partial charge in [0.1, 0.15) is 0 Å². The Morgan fingerprint density at radius 3 is 2.67 bits per heavy atom. The van der Waals surface area contributed by atoms with Crippen molar-refractivity contribution in [2.24, 2.45) is 4.99 Å². The van der Waals surface area contributed by atoms with Gasteiger partial charge < -0.3 is 5.32 Å². The number of guanidine groups is 1.